The number of hydrogen-bond acceptors (Lipinski definition) is 3. The van der Waals surface area contributed by atoms with E-state index in [1.54, 1.807) is 0 Å². The number of carbonyl (C=O) groups is 1. The number of piperidine rings is 2. The maximum absolute atomic E-state index is 14.1. The van der Waals surface area contributed by atoms with Crippen molar-refractivity contribution in [3.05, 3.63) is 5.21 Å². The van der Waals surface area contributed by atoms with Gasteiger partial charge in [-0.3, -0.25) is 4.79 Å². The van der Waals surface area contributed by atoms with Gasteiger partial charge in [0.1, 0.15) is 5.78 Å². The average Bonchev–Trinajstić information content (AvgIpc) is 3.09. The summed E-state index contributed by atoms with van der Waals surface area (Å²) in [6, 6.07) is 0.334. The predicted octanol–water partition coefficient (Wildman–Crippen LogP) is 4.78. The van der Waals surface area contributed by atoms with Crippen molar-refractivity contribution in [3.8, 4) is 0 Å². The van der Waals surface area contributed by atoms with Crippen molar-refractivity contribution in [1.29, 1.82) is 0 Å². The molecule has 4 saturated carbocycles. The summed E-state index contributed by atoms with van der Waals surface area (Å²) in [6.45, 7) is 8.77. The first-order chi connectivity index (χ1) is 14.7. The van der Waals surface area contributed by atoms with E-state index < -0.39 is 0 Å². The van der Waals surface area contributed by atoms with Crippen molar-refractivity contribution < 1.29 is 14.5 Å². The van der Waals surface area contributed by atoms with E-state index in [1.165, 1.54) is 25.7 Å². The van der Waals surface area contributed by atoms with Crippen LogP contribution in [0.3, 0.4) is 0 Å². The van der Waals surface area contributed by atoms with Gasteiger partial charge in [0.25, 0.3) is 0 Å². The molecule has 2 aliphatic heterocycles. The van der Waals surface area contributed by atoms with Crippen LogP contribution in [-0.4, -0.2) is 40.8 Å². The summed E-state index contributed by atoms with van der Waals surface area (Å²) in [5, 5.41) is 24.4. The SMILES string of the molecule is C[C@@H]1CC[C@H]2[C@H](C)[C@H]3CC[C@@H]4[C@@H](C[C@H]5[C@H]4CC(=O)[C@H]4C[C@@H](O)CC[C@@]45C)[C@@H]3C[N+]2([O-])C1. The second-order valence-electron chi connectivity index (χ2n) is 13.3. The minimum atomic E-state index is -0.284. The highest BCUT2D eigenvalue weighted by Crippen LogP contribution is 2.66. The van der Waals surface area contributed by atoms with Crippen molar-refractivity contribution >= 4 is 5.78 Å². The topological polar surface area (TPSA) is 60.4 Å². The number of fused-ring (bicyclic) bond motifs is 8. The summed E-state index contributed by atoms with van der Waals surface area (Å²) in [6.07, 6.45) is 9.22. The highest BCUT2D eigenvalue weighted by atomic mass is 16.5. The number of hydroxylamine groups is 3. The predicted molar refractivity (Wildman–Crippen MR) is 121 cm³/mol. The lowest BCUT2D eigenvalue weighted by atomic mass is 9.51. The Morgan fingerprint density at radius 1 is 0.935 bits per heavy atom. The van der Waals surface area contributed by atoms with Crippen LogP contribution in [0.25, 0.3) is 0 Å². The van der Waals surface area contributed by atoms with E-state index in [4.69, 9.17) is 0 Å². The van der Waals surface area contributed by atoms with Crippen molar-refractivity contribution in [2.45, 2.75) is 90.7 Å². The molecule has 2 heterocycles. The third-order valence-electron chi connectivity index (χ3n) is 12.1. The van der Waals surface area contributed by atoms with E-state index in [0.29, 0.717) is 59.7 Å². The van der Waals surface area contributed by atoms with Crippen LogP contribution in [-0.2, 0) is 4.79 Å². The minimum Gasteiger partial charge on any atom is -0.633 e. The quantitative estimate of drug-likeness (QED) is 0.445. The van der Waals surface area contributed by atoms with E-state index in [1.807, 2.05) is 0 Å². The van der Waals surface area contributed by atoms with Gasteiger partial charge < -0.3 is 15.0 Å². The zero-order valence-electron chi connectivity index (χ0n) is 19.8. The van der Waals surface area contributed by atoms with E-state index >= 15 is 0 Å². The van der Waals surface area contributed by atoms with Crippen LogP contribution in [0.4, 0.5) is 0 Å². The molecule has 6 rings (SSSR count). The molecule has 0 bridgehead atoms. The van der Waals surface area contributed by atoms with Gasteiger partial charge in [-0.05, 0) is 80.0 Å². The minimum absolute atomic E-state index is 0.0731. The number of rotatable bonds is 0. The van der Waals surface area contributed by atoms with Crippen molar-refractivity contribution in [3.63, 3.8) is 0 Å². The fourth-order valence-corrected chi connectivity index (χ4v) is 10.7. The Morgan fingerprint density at radius 3 is 2.52 bits per heavy atom. The fraction of sp³-hybridized carbons (Fsp3) is 0.963. The second kappa shape index (κ2) is 7.03. The lowest BCUT2D eigenvalue weighted by Gasteiger charge is -2.63. The number of quaternary nitrogens is 1. The molecule has 0 spiro atoms. The number of hydrogen-bond donors (Lipinski definition) is 1. The Morgan fingerprint density at radius 2 is 1.71 bits per heavy atom. The number of nitrogens with zero attached hydrogens (tertiary/aromatic N) is 1. The highest BCUT2D eigenvalue weighted by Gasteiger charge is 2.64. The van der Waals surface area contributed by atoms with E-state index in [-0.39, 0.29) is 22.1 Å². The number of ketones is 1. The monoisotopic (exact) mass is 429 g/mol. The van der Waals surface area contributed by atoms with Gasteiger partial charge in [0.05, 0.1) is 25.2 Å². The van der Waals surface area contributed by atoms with Crippen LogP contribution in [0.1, 0.15) is 78.6 Å². The Bertz CT molecular complexity index is 755. The summed E-state index contributed by atoms with van der Waals surface area (Å²) >= 11 is 0. The summed E-state index contributed by atoms with van der Waals surface area (Å²) in [4.78, 5) is 13.2. The smallest absolute Gasteiger partial charge is 0.136 e. The molecule has 0 aromatic rings. The van der Waals surface area contributed by atoms with E-state index in [0.717, 1.165) is 44.7 Å². The van der Waals surface area contributed by atoms with Gasteiger partial charge in [0.2, 0.25) is 0 Å². The number of Topliss-reactive ketones (excluding diaryl/α,β-unsaturated/α-hetero) is 1. The van der Waals surface area contributed by atoms with Crippen LogP contribution in [0.5, 0.6) is 0 Å². The molecule has 0 aromatic heterocycles. The molecular formula is C27H43NO3. The first kappa shape index (κ1) is 21.1. The molecule has 0 radical (unpaired) electrons. The molecule has 4 heteroatoms. The normalized spacial score (nSPS) is 60.9. The lowest BCUT2D eigenvalue weighted by Crippen LogP contribution is -2.67. The van der Waals surface area contributed by atoms with Crippen LogP contribution in [0.15, 0.2) is 0 Å². The number of aliphatic hydroxyl groups is 1. The second-order valence-corrected chi connectivity index (χ2v) is 13.3. The summed E-state index contributed by atoms with van der Waals surface area (Å²) in [5.41, 5.74) is 0.0816. The molecule has 0 aromatic carbocycles. The fourth-order valence-electron chi connectivity index (χ4n) is 10.7. The van der Waals surface area contributed by atoms with Gasteiger partial charge in [0, 0.05) is 36.5 Å². The van der Waals surface area contributed by atoms with Crippen LogP contribution in [0, 0.1) is 63.9 Å². The van der Waals surface area contributed by atoms with Gasteiger partial charge in [-0.15, -0.1) is 0 Å². The molecule has 6 fully saturated rings. The average molecular weight is 430 g/mol. The third-order valence-corrected chi connectivity index (χ3v) is 12.1. The molecule has 2 saturated heterocycles. The van der Waals surface area contributed by atoms with Crippen LogP contribution >= 0.6 is 0 Å². The Balaban J connectivity index is 1.31. The Labute approximate surface area is 188 Å². The van der Waals surface area contributed by atoms with Gasteiger partial charge in [-0.2, -0.15) is 0 Å². The molecule has 1 unspecified atom stereocenters. The highest BCUT2D eigenvalue weighted by molar-refractivity contribution is 5.83. The largest absolute Gasteiger partial charge is 0.633 e. The maximum Gasteiger partial charge on any atom is 0.136 e. The molecule has 1 N–H and O–H groups in total. The van der Waals surface area contributed by atoms with Crippen molar-refractivity contribution in [2.75, 3.05) is 13.1 Å². The first-order valence-corrected chi connectivity index (χ1v) is 13.5. The summed E-state index contributed by atoms with van der Waals surface area (Å²) < 4.78 is 0.0903. The van der Waals surface area contributed by atoms with E-state index in [9.17, 15) is 15.1 Å². The standard InChI is InChI=1S/C27H43NO3/c1-15-4-7-25-16(2)18-5-6-19-20(22(18)14-28(25,31)13-15)11-23-21(19)12-26(30)24-10-17(29)8-9-27(23,24)3/h15-25,29H,4-14H2,1-3H3/t15-,16-,17+,18-,19-,20-,21+,22-,23+,24-,25+,27-,28?/m1/s1. The molecule has 4 nitrogen and oxygen atoms in total. The number of carbonyl (C=O) groups excluding carboxylic acids is 1. The Kier molecular flexibility index (Phi) is 4.78. The zero-order chi connectivity index (χ0) is 21.7. The Hall–Kier alpha value is -0.450. The lowest BCUT2D eigenvalue weighted by molar-refractivity contribution is -0.929. The maximum atomic E-state index is 14.1. The van der Waals surface area contributed by atoms with Gasteiger partial charge in [-0.25, -0.2) is 0 Å². The third kappa shape index (κ3) is 2.93. The molecule has 4 aliphatic carbocycles. The van der Waals surface area contributed by atoms with Crippen molar-refractivity contribution in [1.82, 2.24) is 0 Å². The zero-order valence-corrected chi connectivity index (χ0v) is 19.8. The van der Waals surface area contributed by atoms with E-state index in [2.05, 4.69) is 20.8 Å². The molecule has 31 heavy (non-hydrogen) atoms. The van der Waals surface area contributed by atoms with Gasteiger partial charge in [0.15, 0.2) is 0 Å². The number of aliphatic hydroxyl groups excluding tert-OH is 1. The molecular weight excluding hydrogens is 386 g/mol. The molecule has 6 aliphatic rings. The van der Waals surface area contributed by atoms with Gasteiger partial charge in [-0.1, -0.05) is 20.8 Å². The molecule has 0 amide bonds. The summed E-state index contributed by atoms with van der Waals surface area (Å²) in [5.74, 6) is 5.44. The summed E-state index contributed by atoms with van der Waals surface area (Å²) in [7, 11) is 0. The molecule has 174 valence electrons. The van der Waals surface area contributed by atoms with Crippen molar-refractivity contribution in [2.24, 2.45) is 58.7 Å². The van der Waals surface area contributed by atoms with Crippen LogP contribution < -0.4 is 0 Å². The van der Waals surface area contributed by atoms with Gasteiger partial charge >= 0.3 is 0 Å². The first-order valence-electron chi connectivity index (χ1n) is 13.5. The van der Waals surface area contributed by atoms with Crippen LogP contribution in [0.2, 0.25) is 0 Å². The molecule has 13 atom stereocenters.